The molecule has 12 N–H and O–H groups in total. The number of carboxylic acids is 2. The predicted molar refractivity (Wildman–Crippen MR) is 55.1 cm³/mol. The van der Waals surface area contributed by atoms with Gasteiger partial charge in [-0.1, -0.05) is 0 Å². The number of aromatic amines is 2. The molecule has 0 saturated heterocycles. The second kappa shape index (κ2) is 23.2. The number of tetrazole rings is 2. The van der Waals surface area contributed by atoms with Gasteiger partial charge in [0.15, 0.2) is 11.6 Å². The minimum Gasteiger partial charge on any atom is -0.541 e. The van der Waals surface area contributed by atoms with Gasteiger partial charge in [0.05, 0.1) is 0 Å². The Kier molecular flexibility index (Phi) is 43.4. The van der Waals surface area contributed by atoms with Crippen LogP contribution in [-0.4, -0.2) is 80.6 Å². The zero-order chi connectivity index (χ0) is 12.0. The average Bonchev–Trinajstić information content (AvgIpc) is 2.93. The molecule has 2 aromatic rings. The third-order valence-electron chi connectivity index (χ3n) is 1.08. The molecule has 0 radical (unpaired) electrons. The van der Waals surface area contributed by atoms with Crippen LogP contribution in [0.5, 0.6) is 0 Å². The fraction of sp³-hybridized carbons (Fsp3) is 0. The fourth-order valence-electron chi connectivity index (χ4n) is 0.491. The van der Waals surface area contributed by atoms with Crippen molar-refractivity contribution in [3.05, 3.63) is 11.6 Å². The monoisotopic (exact) mass is 362 g/mol. The molecule has 124 valence electrons. The van der Waals surface area contributed by atoms with E-state index >= 15 is 0 Å². The Balaban J connectivity index is -0.0000000341. The Hall–Kier alpha value is -1.12. The van der Waals surface area contributed by atoms with Gasteiger partial charge >= 0.3 is 59.1 Å². The molecule has 0 aromatic carbocycles. The maximum absolute atomic E-state index is 9.78. The van der Waals surface area contributed by atoms with E-state index < -0.39 is 11.9 Å². The van der Waals surface area contributed by atoms with E-state index in [-0.39, 0.29) is 98.1 Å². The van der Waals surface area contributed by atoms with Crippen molar-refractivity contribution in [2.24, 2.45) is 0 Å². The minimum atomic E-state index is -1.41. The summed E-state index contributed by atoms with van der Waals surface area (Å²) in [5, 5.41) is 41.6. The maximum atomic E-state index is 9.78. The second-order valence-electron chi connectivity index (χ2n) is 2.07. The number of aromatic carboxylic acids is 2. The molecule has 0 bridgehead atoms. The number of nitrogens with zero attached hydrogens (tertiary/aromatic N) is 6. The molecule has 0 amide bonds. The molecule has 0 aliphatic heterocycles. The smallest absolute Gasteiger partial charge is 0.541 e. The number of hydrogen-bond donors (Lipinski definition) is 2. The van der Waals surface area contributed by atoms with Crippen LogP contribution in [0.15, 0.2) is 0 Å². The molecule has 23 heavy (non-hydrogen) atoms. The van der Waals surface area contributed by atoms with Gasteiger partial charge in [0.2, 0.25) is 0 Å². The zero-order valence-corrected chi connectivity index (χ0v) is 15.8. The Bertz CT molecular complexity index is 422. The Morgan fingerprint density at radius 1 is 0.696 bits per heavy atom. The van der Waals surface area contributed by atoms with Crippen molar-refractivity contribution in [1.29, 1.82) is 0 Å². The van der Waals surface area contributed by atoms with Gasteiger partial charge in [0.25, 0.3) is 0 Å². The summed E-state index contributed by atoms with van der Waals surface area (Å²) in [6.45, 7) is 0. The Morgan fingerprint density at radius 2 is 0.957 bits per heavy atom. The van der Waals surface area contributed by atoms with Crippen molar-refractivity contribution in [2.75, 3.05) is 0 Å². The Labute approximate surface area is 170 Å². The quantitative estimate of drug-likeness (QED) is 0.474. The number of nitrogens with one attached hydrogen (secondary N) is 2. The summed E-state index contributed by atoms with van der Waals surface area (Å²) in [7, 11) is 0. The van der Waals surface area contributed by atoms with Crippen LogP contribution >= 0.6 is 0 Å². The van der Waals surface area contributed by atoms with E-state index in [1.807, 2.05) is 10.2 Å². The maximum Gasteiger partial charge on any atom is 1.00 e. The van der Waals surface area contributed by atoms with Crippen LogP contribution in [-0.2, 0) is 0 Å². The molecular weight excluding hydrogens is 350 g/mol. The van der Waals surface area contributed by atoms with Crippen LogP contribution in [0, 0.1) is 0 Å². The van der Waals surface area contributed by atoms with E-state index in [4.69, 9.17) is 0 Å². The fourth-order valence-corrected chi connectivity index (χ4v) is 0.491. The van der Waals surface area contributed by atoms with Crippen molar-refractivity contribution in [3.63, 3.8) is 0 Å². The van der Waals surface area contributed by atoms with E-state index in [1.165, 1.54) is 0 Å². The molecule has 2 aromatic heterocycles. The van der Waals surface area contributed by atoms with Gasteiger partial charge in [-0.25, -0.2) is 10.2 Å². The molecule has 0 spiro atoms. The van der Waals surface area contributed by atoms with Gasteiger partial charge in [-0.05, 0) is 20.9 Å². The van der Waals surface area contributed by atoms with Crippen LogP contribution in [0.25, 0.3) is 0 Å². The van der Waals surface area contributed by atoms with Gasteiger partial charge in [0.1, 0.15) is 11.9 Å². The van der Waals surface area contributed by atoms with Gasteiger partial charge in [0, 0.05) is 0 Å². The largest absolute Gasteiger partial charge is 1.00 e. The van der Waals surface area contributed by atoms with Gasteiger partial charge in [-0.15, -0.1) is 10.2 Å². The molecule has 2 heterocycles. The van der Waals surface area contributed by atoms with Crippen LogP contribution in [0.1, 0.15) is 21.2 Å². The van der Waals surface area contributed by atoms with Crippen LogP contribution in [0.2, 0.25) is 0 Å². The van der Waals surface area contributed by atoms with Crippen LogP contribution < -0.4 is 69.3 Å². The summed E-state index contributed by atoms with van der Waals surface area (Å²) >= 11 is 0. The zero-order valence-electron chi connectivity index (χ0n) is 11.8. The SMILES string of the molecule is O.O.O.O.O.O=C([O-])c1nnn[nH]1.O=C([O-])c1nnn[nH]1.[Na+].[Na+]. The van der Waals surface area contributed by atoms with Gasteiger partial charge < -0.3 is 47.2 Å². The number of aromatic nitrogens is 8. The molecule has 0 aliphatic rings. The molecule has 17 nitrogen and oxygen atoms in total. The Morgan fingerprint density at radius 3 is 1.04 bits per heavy atom. The number of carbonyl (C=O) groups is 2. The summed E-state index contributed by atoms with van der Waals surface area (Å²) < 4.78 is 0. The van der Waals surface area contributed by atoms with Crippen molar-refractivity contribution in [2.45, 2.75) is 0 Å². The third-order valence-corrected chi connectivity index (χ3v) is 1.08. The predicted octanol–water partition coefficient (Wildman–Crippen LogP) is -15.0. The normalized spacial score (nSPS) is 6.26. The van der Waals surface area contributed by atoms with Crippen molar-refractivity contribution in [3.8, 4) is 0 Å². The molecule has 0 unspecified atom stereocenters. The van der Waals surface area contributed by atoms with E-state index in [0.717, 1.165) is 0 Å². The first kappa shape index (κ1) is 43.1. The number of H-pyrrole nitrogens is 2. The van der Waals surface area contributed by atoms with E-state index in [2.05, 4.69) is 31.1 Å². The first-order valence-corrected chi connectivity index (χ1v) is 3.51. The summed E-state index contributed by atoms with van der Waals surface area (Å²) in [5.41, 5.74) is 0. The van der Waals surface area contributed by atoms with Crippen molar-refractivity contribution < 1.29 is 106 Å². The second-order valence-corrected chi connectivity index (χ2v) is 2.07. The number of rotatable bonds is 2. The average molecular weight is 362 g/mol. The van der Waals surface area contributed by atoms with E-state index in [9.17, 15) is 19.8 Å². The number of hydrogen-bond acceptors (Lipinski definition) is 10. The minimum absolute atomic E-state index is 0. The van der Waals surface area contributed by atoms with Crippen molar-refractivity contribution in [1.82, 2.24) is 41.2 Å². The number of carbonyl (C=O) groups excluding carboxylic acids is 2. The molecule has 0 saturated carbocycles. The summed E-state index contributed by atoms with van der Waals surface area (Å²) in [5.74, 6) is -3.53. The standard InChI is InChI=1S/2C2H2N4O2.2Na.5H2O/c2*7-2(8)1-3-5-6-4-1;;;;;;;/h2*(H,7,8)(H,3,4,5,6);;;5*1H2/q;;2*+1;;;;;/p-2. The van der Waals surface area contributed by atoms with E-state index in [0.29, 0.717) is 0 Å². The van der Waals surface area contributed by atoms with Crippen LogP contribution in [0.3, 0.4) is 0 Å². The molecular formula is C4H12N8Na2O9. The first-order chi connectivity index (χ1) is 7.61. The third kappa shape index (κ3) is 17.1. The first-order valence-electron chi connectivity index (χ1n) is 3.51. The van der Waals surface area contributed by atoms with Gasteiger partial charge in [-0.2, -0.15) is 0 Å². The molecule has 2 rings (SSSR count). The summed E-state index contributed by atoms with van der Waals surface area (Å²) in [6.07, 6.45) is 0. The molecule has 0 aliphatic carbocycles. The topological polar surface area (TPSA) is 347 Å². The van der Waals surface area contributed by atoms with Gasteiger partial charge in [-0.3, -0.25) is 0 Å². The van der Waals surface area contributed by atoms with Crippen molar-refractivity contribution >= 4 is 11.9 Å². The molecule has 19 heteroatoms. The van der Waals surface area contributed by atoms with Crippen LogP contribution in [0.4, 0.5) is 0 Å². The summed E-state index contributed by atoms with van der Waals surface area (Å²) in [4.78, 5) is 19.6. The molecule has 0 fully saturated rings. The molecule has 0 atom stereocenters. The number of carboxylic acid groups (broad SMARTS) is 2. The van der Waals surface area contributed by atoms with E-state index in [1.54, 1.807) is 0 Å². The summed E-state index contributed by atoms with van der Waals surface area (Å²) in [6, 6.07) is 0.